The first-order valence-corrected chi connectivity index (χ1v) is 7.62. The van der Waals surface area contributed by atoms with Gasteiger partial charge in [-0.15, -0.1) is 0 Å². The Labute approximate surface area is 127 Å². The fraction of sp³-hybridized carbons (Fsp3) is 0.588. The lowest BCUT2D eigenvalue weighted by molar-refractivity contribution is -0.142. The summed E-state index contributed by atoms with van der Waals surface area (Å²) in [7, 11) is 0. The fourth-order valence-corrected chi connectivity index (χ4v) is 2.12. The molecule has 2 unspecified atom stereocenters. The van der Waals surface area contributed by atoms with Crippen molar-refractivity contribution in [3.05, 3.63) is 29.8 Å². The van der Waals surface area contributed by atoms with Gasteiger partial charge in [0.15, 0.2) is 0 Å². The number of benzene rings is 1. The molecule has 0 saturated heterocycles. The summed E-state index contributed by atoms with van der Waals surface area (Å²) in [5, 5.41) is 8.94. The first-order chi connectivity index (χ1) is 9.88. The van der Waals surface area contributed by atoms with Gasteiger partial charge in [0.1, 0.15) is 11.3 Å². The van der Waals surface area contributed by atoms with Crippen LogP contribution in [0.5, 0.6) is 5.75 Å². The van der Waals surface area contributed by atoms with Crippen molar-refractivity contribution in [1.29, 1.82) is 0 Å². The van der Waals surface area contributed by atoms with Crippen LogP contribution < -0.4 is 10.5 Å². The Hall–Kier alpha value is -1.55. The van der Waals surface area contributed by atoms with Gasteiger partial charge in [-0.2, -0.15) is 0 Å². The van der Waals surface area contributed by atoms with Crippen molar-refractivity contribution >= 4 is 5.97 Å². The van der Waals surface area contributed by atoms with Crippen molar-refractivity contribution < 1.29 is 14.6 Å². The molecule has 0 spiro atoms. The molecule has 0 heterocycles. The van der Waals surface area contributed by atoms with E-state index < -0.39 is 11.5 Å². The number of carbonyl (C=O) groups is 1. The van der Waals surface area contributed by atoms with Gasteiger partial charge in [-0.3, -0.25) is 4.79 Å². The summed E-state index contributed by atoms with van der Waals surface area (Å²) < 4.78 is 5.85. The topological polar surface area (TPSA) is 72.5 Å². The third-order valence-electron chi connectivity index (χ3n) is 3.90. The molecule has 2 atom stereocenters. The van der Waals surface area contributed by atoms with Gasteiger partial charge in [-0.05, 0) is 50.2 Å². The van der Waals surface area contributed by atoms with Crippen LogP contribution >= 0.6 is 0 Å². The molecular weight excluding hydrogens is 266 g/mol. The number of hydrogen-bond acceptors (Lipinski definition) is 3. The molecule has 3 N–H and O–H groups in total. The quantitative estimate of drug-likeness (QED) is 0.683. The van der Waals surface area contributed by atoms with Crippen LogP contribution in [0.25, 0.3) is 0 Å². The summed E-state index contributed by atoms with van der Waals surface area (Å²) >= 11 is 0. The van der Waals surface area contributed by atoms with Crippen LogP contribution in [0, 0.1) is 0 Å². The number of ether oxygens (including phenoxy) is 1. The molecule has 0 aliphatic carbocycles. The summed E-state index contributed by atoms with van der Waals surface area (Å²) in [4.78, 5) is 10.9. The maximum Gasteiger partial charge on any atom is 0.323 e. The Balaban J connectivity index is 2.42. The molecule has 0 radical (unpaired) electrons. The third kappa shape index (κ3) is 5.38. The van der Waals surface area contributed by atoms with E-state index >= 15 is 0 Å². The Kier molecular flexibility index (Phi) is 6.69. The van der Waals surface area contributed by atoms with E-state index in [1.165, 1.54) is 5.56 Å². The molecular formula is C17H27NO3. The summed E-state index contributed by atoms with van der Waals surface area (Å²) in [6.07, 6.45) is 3.07. The van der Waals surface area contributed by atoms with Gasteiger partial charge in [0.25, 0.3) is 0 Å². The molecule has 4 heteroatoms. The number of nitrogens with two attached hydrogens (primary N) is 1. The second-order valence-corrected chi connectivity index (χ2v) is 5.88. The summed E-state index contributed by atoms with van der Waals surface area (Å²) in [5.41, 5.74) is 5.78. The Morgan fingerprint density at radius 2 is 2.05 bits per heavy atom. The van der Waals surface area contributed by atoms with Gasteiger partial charge in [-0.25, -0.2) is 0 Å². The van der Waals surface area contributed by atoms with E-state index in [2.05, 4.69) is 19.9 Å². The van der Waals surface area contributed by atoms with Crippen LogP contribution in [-0.2, 0) is 4.79 Å². The number of carboxylic acids is 1. The Bertz CT molecular complexity index is 457. The van der Waals surface area contributed by atoms with Gasteiger partial charge in [0.2, 0.25) is 0 Å². The van der Waals surface area contributed by atoms with Crippen molar-refractivity contribution in [3.63, 3.8) is 0 Å². The number of unbranched alkanes of at least 4 members (excludes halogenated alkanes) is 1. The van der Waals surface area contributed by atoms with Gasteiger partial charge < -0.3 is 15.6 Å². The normalized spacial score (nSPS) is 15.2. The molecule has 1 aromatic rings. The highest BCUT2D eigenvalue weighted by Gasteiger charge is 2.26. The molecule has 0 aliphatic rings. The largest absolute Gasteiger partial charge is 0.493 e. The molecule has 0 fully saturated rings. The standard InChI is InChI=1S/C17H27NO3/c1-4-13(2)14-9-5-6-10-15(14)21-12-8-7-11-17(3,18)16(19)20/h5-6,9-10,13H,4,7-8,11-12,18H2,1-3H3,(H,19,20). The van der Waals surface area contributed by atoms with Crippen molar-refractivity contribution in [3.8, 4) is 5.75 Å². The number of aliphatic carboxylic acids is 1. The molecule has 0 amide bonds. The minimum absolute atomic E-state index is 0.457. The smallest absolute Gasteiger partial charge is 0.323 e. The molecule has 0 saturated carbocycles. The maximum absolute atomic E-state index is 10.9. The minimum Gasteiger partial charge on any atom is -0.493 e. The monoisotopic (exact) mass is 293 g/mol. The van der Waals surface area contributed by atoms with Crippen LogP contribution in [0.15, 0.2) is 24.3 Å². The average molecular weight is 293 g/mol. The number of rotatable bonds is 9. The number of para-hydroxylation sites is 1. The van der Waals surface area contributed by atoms with Crippen molar-refractivity contribution in [2.24, 2.45) is 5.73 Å². The number of carboxylic acid groups (broad SMARTS) is 1. The molecule has 4 nitrogen and oxygen atoms in total. The SMILES string of the molecule is CCC(C)c1ccccc1OCCCCC(C)(N)C(=O)O. The first kappa shape index (κ1) is 17.5. The molecule has 118 valence electrons. The lowest BCUT2D eigenvalue weighted by atomic mass is 9.96. The minimum atomic E-state index is -1.14. The van der Waals surface area contributed by atoms with Crippen LogP contribution in [-0.4, -0.2) is 23.2 Å². The second kappa shape index (κ2) is 8.03. The predicted octanol–water partition coefficient (Wildman–Crippen LogP) is 3.55. The highest BCUT2D eigenvalue weighted by molar-refractivity contribution is 5.77. The lowest BCUT2D eigenvalue weighted by Gasteiger charge is -2.19. The van der Waals surface area contributed by atoms with Crippen LogP contribution in [0.3, 0.4) is 0 Å². The number of hydrogen-bond donors (Lipinski definition) is 2. The van der Waals surface area contributed by atoms with Crippen LogP contribution in [0.2, 0.25) is 0 Å². The van der Waals surface area contributed by atoms with Gasteiger partial charge in [0.05, 0.1) is 6.61 Å². The summed E-state index contributed by atoms with van der Waals surface area (Å²) in [5.74, 6) is 0.451. The molecule has 1 rings (SSSR count). The van der Waals surface area contributed by atoms with E-state index in [1.54, 1.807) is 6.92 Å². The zero-order chi connectivity index (χ0) is 15.9. The van der Waals surface area contributed by atoms with E-state index in [0.29, 0.717) is 18.9 Å². The van der Waals surface area contributed by atoms with Gasteiger partial charge >= 0.3 is 5.97 Å². The molecule has 21 heavy (non-hydrogen) atoms. The van der Waals surface area contributed by atoms with Crippen LogP contribution in [0.4, 0.5) is 0 Å². The van der Waals surface area contributed by atoms with E-state index in [-0.39, 0.29) is 0 Å². The summed E-state index contributed by atoms with van der Waals surface area (Å²) in [6.45, 7) is 6.49. The Morgan fingerprint density at radius 3 is 2.67 bits per heavy atom. The van der Waals surface area contributed by atoms with Crippen molar-refractivity contribution in [2.45, 2.75) is 57.9 Å². The summed E-state index contributed by atoms with van der Waals surface area (Å²) in [6, 6.07) is 8.10. The third-order valence-corrected chi connectivity index (χ3v) is 3.90. The van der Waals surface area contributed by atoms with Crippen molar-refractivity contribution in [1.82, 2.24) is 0 Å². The van der Waals surface area contributed by atoms with E-state index in [4.69, 9.17) is 15.6 Å². The first-order valence-electron chi connectivity index (χ1n) is 7.62. The fourth-order valence-electron chi connectivity index (χ4n) is 2.12. The predicted molar refractivity (Wildman–Crippen MR) is 84.7 cm³/mol. The van der Waals surface area contributed by atoms with Crippen molar-refractivity contribution in [2.75, 3.05) is 6.61 Å². The van der Waals surface area contributed by atoms with Gasteiger partial charge in [0, 0.05) is 0 Å². The Morgan fingerprint density at radius 1 is 1.38 bits per heavy atom. The highest BCUT2D eigenvalue weighted by atomic mass is 16.5. The zero-order valence-electron chi connectivity index (χ0n) is 13.3. The molecule has 0 bridgehead atoms. The van der Waals surface area contributed by atoms with E-state index in [0.717, 1.165) is 25.0 Å². The molecule has 0 aromatic heterocycles. The second-order valence-electron chi connectivity index (χ2n) is 5.88. The lowest BCUT2D eigenvalue weighted by Crippen LogP contribution is -2.44. The van der Waals surface area contributed by atoms with Gasteiger partial charge in [-0.1, -0.05) is 32.0 Å². The average Bonchev–Trinajstić information content (AvgIpc) is 2.46. The van der Waals surface area contributed by atoms with E-state index in [1.807, 2.05) is 18.2 Å². The molecule has 0 aliphatic heterocycles. The zero-order valence-corrected chi connectivity index (χ0v) is 13.3. The van der Waals surface area contributed by atoms with Crippen LogP contribution in [0.1, 0.15) is 57.9 Å². The highest BCUT2D eigenvalue weighted by Crippen LogP contribution is 2.28. The van der Waals surface area contributed by atoms with E-state index in [9.17, 15) is 4.79 Å². The molecule has 1 aromatic carbocycles. The maximum atomic E-state index is 10.9.